The Labute approximate surface area is 127 Å². The van der Waals surface area contributed by atoms with Gasteiger partial charge in [0.15, 0.2) is 6.61 Å². The van der Waals surface area contributed by atoms with Crippen LogP contribution in [0.5, 0.6) is 5.75 Å². The smallest absolute Gasteiger partial charge is 0.338 e. The predicted octanol–water partition coefficient (Wildman–Crippen LogP) is 0.273. The van der Waals surface area contributed by atoms with Crippen molar-refractivity contribution in [1.29, 1.82) is 0 Å². The molecule has 1 heterocycles. The number of likely N-dealkylation sites (tertiary alicyclic amines) is 1. The molecule has 1 aliphatic rings. The van der Waals surface area contributed by atoms with Crippen molar-refractivity contribution in [3.8, 4) is 5.75 Å². The molecule has 118 valence electrons. The molecule has 7 nitrogen and oxygen atoms in total. The second-order valence-electron chi connectivity index (χ2n) is 5.18. The van der Waals surface area contributed by atoms with Gasteiger partial charge in [0.2, 0.25) is 5.91 Å². The lowest BCUT2D eigenvalue weighted by molar-refractivity contribution is -0.137. The number of primary amides is 1. The summed E-state index contributed by atoms with van der Waals surface area (Å²) in [4.78, 5) is 36.3. The number of ether oxygens (including phenoxy) is 1. The molecule has 0 bridgehead atoms. The van der Waals surface area contributed by atoms with Crippen LogP contribution in [0.15, 0.2) is 24.3 Å². The van der Waals surface area contributed by atoms with Crippen LogP contribution in [-0.4, -0.2) is 47.5 Å². The molecular weight excluding hydrogens is 288 g/mol. The van der Waals surface area contributed by atoms with E-state index < -0.39 is 5.97 Å². The second kappa shape index (κ2) is 6.93. The largest absolute Gasteiger partial charge is 0.508 e. The first-order chi connectivity index (χ1) is 10.5. The van der Waals surface area contributed by atoms with Crippen molar-refractivity contribution in [2.75, 3.05) is 19.7 Å². The summed E-state index contributed by atoms with van der Waals surface area (Å²) in [7, 11) is 0. The van der Waals surface area contributed by atoms with Gasteiger partial charge >= 0.3 is 5.97 Å². The third-order valence-electron chi connectivity index (χ3n) is 3.66. The Balaban J connectivity index is 1.81. The SMILES string of the molecule is NC(=O)C1CCN(C(=O)COC(=O)c2cccc(O)c2)CC1. The molecule has 0 saturated carbocycles. The van der Waals surface area contributed by atoms with Crippen LogP contribution in [0.2, 0.25) is 0 Å². The van der Waals surface area contributed by atoms with Gasteiger partial charge in [0.05, 0.1) is 5.56 Å². The van der Waals surface area contributed by atoms with E-state index in [2.05, 4.69) is 0 Å². The molecule has 3 N–H and O–H groups in total. The third-order valence-corrected chi connectivity index (χ3v) is 3.66. The molecule has 0 aliphatic carbocycles. The van der Waals surface area contributed by atoms with E-state index in [1.165, 1.54) is 24.3 Å². The van der Waals surface area contributed by atoms with Gasteiger partial charge < -0.3 is 20.5 Å². The Morgan fingerprint density at radius 2 is 1.95 bits per heavy atom. The van der Waals surface area contributed by atoms with E-state index in [0.717, 1.165) is 0 Å². The minimum absolute atomic E-state index is 0.0469. The summed E-state index contributed by atoms with van der Waals surface area (Å²) >= 11 is 0. The Morgan fingerprint density at radius 3 is 2.55 bits per heavy atom. The summed E-state index contributed by atoms with van der Waals surface area (Å²) in [5.74, 6) is -1.57. The molecule has 1 saturated heterocycles. The van der Waals surface area contributed by atoms with Crippen molar-refractivity contribution >= 4 is 17.8 Å². The zero-order chi connectivity index (χ0) is 16.1. The van der Waals surface area contributed by atoms with Crippen molar-refractivity contribution in [2.45, 2.75) is 12.8 Å². The fraction of sp³-hybridized carbons (Fsp3) is 0.400. The van der Waals surface area contributed by atoms with Crippen molar-refractivity contribution in [3.63, 3.8) is 0 Å². The lowest BCUT2D eigenvalue weighted by Gasteiger charge is -2.30. The van der Waals surface area contributed by atoms with Gasteiger partial charge in [-0.25, -0.2) is 4.79 Å². The van der Waals surface area contributed by atoms with Crippen LogP contribution in [0.4, 0.5) is 0 Å². The Kier molecular flexibility index (Phi) is 4.98. The molecule has 1 aliphatic heterocycles. The first-order valence-electron chi connectivity index (χ1n) is 7.00. The maximum atomic E-state index is 12.0. The summed E-state index contributed by atoms with van der Waals surface area (Å²) < 4.78 is 4.94. The Hall–Kier alpha value is -2.57. The third kappa shape index (κ3) is 3.97. The number of hydrogen-bond donors (Lipinski definition) is 2. The molecule has 0 atom stereocenters. The van der Waals surface area contributed by atoms with E-state index in [-0.39, 0.29) is 35.7 Å². The number of hydrogen-bond acceptors (Lipinski definition) is 5. The molecule has 0 aromatic heterocycles. The highest BCUT2D eigenvalue weighted by Gasteiger charge is 2.26. The zero-order valence-corrected chi connectivity index (χ0v) is 12.0. The van der Waals surface area contributed by atoms with E-state index in [1.807, 2.05) is 0 Å². The van der Waals surface area contributed by atoms with Crippen LogP contribution in [0.25, 0.3) is 0 Å². The number of carbonyl (C=O) groups is 3. The molecule has 0 unspecified atom stereocenters. The average Bonchev–Trinajstić information content (AvgIpc) is 2.52. The quantitative estimate of drug-likeness (QED) is 0.776. The lowest BCUT2D eigenvalue weighted by atomic mass is 9.96. The van der Waals surface area contributed by atoms with Gasteiger partial charge in [-0.05, 0) is 31.0 Å². The summed E-state index contributed by atoms with van der Waals surface area (Å²) in [6.45, 7) is 0.488. The highest BCUT2D eigenvalue weighted by atomic mass is 16.5. The van der Waals surface area contributed by atoms with Crippen molar-refractivity contribution in [3.05, 3.63) is 29.8 Å². The summed E-state index contributed by atoms with van der Waals surface area (Å²) in [5.41, 5.74) is 5.41. The number of rotatable bonds is 4. The first kappa shape index (κ1) is 15.8. The molecule has 1 aromatic carbocycles. The highest BCUT2D eigenvalue weighted by molar-refractivity contribution is 5.91. The Morgan fingerprint density at radius 1 is 1.27 bits per heavy atom. The van der Waals surface area contributed by atoms with Crippen LogP contribution in [0, 0.1) is 5.92 Å². The summed E-state index contributed by atoms with van der Waals surface area (Å²) in [5, 5.41) is 9.29. The van der Waals surface area contributed by atoms with Crippen LogP contribution in [0.1, 0.15) is 23.2 Å². The molecule has 7 heteroatoms. The Bertz CT molecular complexity index is 579. The molecular formula is C15H18N2O5. The predicted molar refractivity (Wildman–Crippen MR) is 76.9 cm³/mol. The number of aromatic hydroxyl groups is 1. The van der Waals surface area contributed by atoms with Crippen molar-refractivity contribution in [2.24, 2.45) is 11.7 Å². The van der Waals surface area contributed by atoms with Gasteiger partial charge in [0.1, 0.15) is 5.75 Å². The molecule has 1 fully saturated rings. The van der Waals surface area contributed by atoms with Crippen LogP contribution in [0.3, 0.4) is 0 Å². The standard InChI is InChI=1S/C15H18N2O5/c16-14(20)10-4-6-17(7-5-10)13(19)9-22-15(21)11-2-1-3-12(18)8-11/h1-3,8,10,18H,4-7,9H2,(H2,16,20). The van der Waals surface area contributed by atoms with Gasteiger partial charge in [0, 0.05) is 19.0 Å². The van der Waals surface area contributed by atoms with Gasteiger partial charge in [0.25, 0.3) is 5.91 Å². The maximum absolute atomic E-state index is 12.0. The number of nitrogens with zero attached hydrogens (tertiary/aromatic N) is 1. The van der Waals surface area contributed by atoms with Gasteiger partial charge in [-0.3, -0.25) is 9.59 Å². The number of phenols is 1. The number of amides is 2. The summed E-state index contributed by atoms with van der Waals surface area (Å²) in [6, 6.07) is 5.71. The number of piperidine rings is 1. The van der Waals surface area contributed by atoms with E-state index in [1.54, 1.807) is 4.90 Å². The molecule has 2 amide bonds. The first-order valence-corrected chi connectivity index (χ1v) is 7.00. The number of carbonyl (C=O) groups excluding carboxylic acids is 3. The summed E-state index contributed by atoms with van der Waals surface area (Å²) in [6.07, 6.45) is 1.06. The lowest BCUT2D eigenvalue weighted by Crippen LogP contribution is -2.43. The number of esters is 1. The molecule has 1 aromatic rings. The fourth-order valence-electron chi connectivity index (χ4n) is 2.35. The molecule has 22 heavy (non-hydrogen) atoms. The van der Waals surface area contributed by atoms with E-state index in [0.29, 0.717) is 25.9 Å². The van der Waals surface area contributed by atoms with Crippen molar-refractivity contribution in [1.82, 2.24) is 4.90 Å². The minimum atomic E-state index is -0.670. The monoisotopic (exact) mass is 306 g/mol. The molecule has 0 radical (unpaired) electrons. The van der Waals surface area contributed by atoms with Crippen LogP contribution in [-0.2, 0) is 14.3 Å². The zero-order valence-electron chi connectivity index (χ0n) is 12.0. The normalized spacial score (nSPS) is 15.4. The number of benzene rings is 1. The van der Waals surface area contributed by atoms with Gasteiger partial charge in [-0.15, -0.1) is 0 Å². The van der Waals surface area contributed by atoms with E-state index in [4.69, 9.17) is 10.5 Å². The van der Waals surface area contributed by atoms with Gasteiger partial charge in [-0.2, -0.15) is 0 Å². The number of phenolic OH excluding ortho intramolecular Hbond substituents is 1. The van der Waals surface area contributed by atoms with E-state index in [9.17, 15) is 19.5 Å². The number of nitrogens with two attached hydrogens (primary N) is 1. The maximum Gasteiger partial charge on any atom is 0.338 e. The minimum Gasteiger partial charge on any atom is -0.508 e. The molecule has 0 spiro atoms. The van der Waals surface area contributed by atoms with E-state index >= 15 is 0 Å². The average molecular weight is 306 g/mol. The van der Waals surface area contributed by atoms with Crippen molar-refractivity contribution < 1.29 is 24.2 Å². The van der Waals surface area contributed by atoms with Crippen LogP contribution >= 0.6 is 0 Å². The molecule has 2 rings (SSSR count). The topological polar surface area (TPSA) is 110 Å². The second-order valence-corrected chi connectivity index (χ2v) is 5.18. The van der Waals surface area contributed by atoms with Crippen LogP contribution < -0.4 is 5.73 Å². The fourth-order valence-corrected chi connectivity index (χ4v) is 2.35. The highest BCUT2D eigenvalue weighted by Crippen LogP contribution is 2.17. The van der Waals surface area contributed by atoms with Gasteiger partial charge in [-0.1, -0.05) is 6.07 Å².